The van der Waals surface area contributed by atoms with Crippen LogP contribution in [0.2, 0.25) is 5.02 Å². The molecule has 0 aliphatic heterocycles. The van der Waals surface area contributed by atoms with Gasteiger partial charge in [-0.15, -0.1) is 0 Å². The van der Waals surface area contributed by atoms with Gasteiger partial charge in [0.05, 0.1) is 11.4 Å². The lowest BCUT2D eigenvalue weighted by Gasteiger charge is -2.08. The van der Waals surface area contributed by atoms with Crippen molar-refractivity contribution in [3.63, 3.8) is 0 Å². The van der Waals surface area contributed by atoms with Gasteiger partial charge in [-0.1, -0.05) is 47.5 Å². The second-order valence-electron chi connectivity index (χ2n) is 6.76. The van der Waals surface area contributed by atoms with Crippen molar-refractivity contribution >= 4 is 28.8 Å². The third-order valence-electron chi connectivity index (χ3n) is 4.67. The Bertz CT molecular complexity index is 1120. The molecule has 0 bridgehead atoms. The van der Waals surface area contributed by atoms with Crippen LogP contribution in [0.1, 0.15) is 17.7 Å². The molecule has 0 aliphatic rings. The van der Waals surface area contributed by atoms with E-state index >= 15 is 0 Å². The number of pyridine rings is 1. The molecule has 2 aromatic heterocycles. The highest BCUT2D eigenvalue weighted by molar-refractivity contribution is 6.30. The fourth-order valence-corrected chi connectivity index (χ4v) is 3.34. The molecule has 4 rings (SSSR count). The van der Waals surface area contributed by atoms with Crippen molar-refractivity contribution in [1.82, 2.24) is 9.38 Å². The van der Waals surface area contributed by atoms with E-state index in [0.717, 1.165) is 33.8 Å². The Morgan fingerprint density at radius 3 is 2.54 bits per heavy atom. The molecule has 28 heavy (non-hydrogen) atoms. The summed E-state index contributed by atoms with van der Waals surface area (Å²) >= 11 is 6.03. The topological polar surface area (TPSA) is 46.4 Å². The zero-order valence-electron chi connectivity index (χ0n) is 15.5. The molecule has 0 spiro atoms. The molecule has 5 heteroatoms. The lowest BCUT2D eigenvalue weighted by atomic mass is 10.1. The summed E-state index contributed by atoms with van der Waals surface area (Å²) in [4.78, 5) is 17.2. The van der Waals surface area contributed by atoms with E-state index in [1.54, 1.807) is 0 Å². The van der Waals surface area contributed by atoms with Crippen molar-refractivity contribution in [2.24, 2.45) is 0 Å². The van der Waals surface area contributed by atoms with Gasteiger partial charge in [-0.25, -0.2) is 4.98 Å². The van der Waals surface area contributed by atoms with Crippen molar-refractivity contribution in [2.75, 3.05) is 5.32 Å². The van der Waals surface area contributed by atoms with Gasteiger partial charge < -0.3 is 9.72 Å². The van der Waals surface area contributed by atoms with Crippen LogP contribution in [0.3, 0.4) is 0 Å². The summed E-state index contributed by atoms with van der Waals surface area (Å²) in [5.41, 5.74) is 5.72. The summed E-state index contributed by atoms with van der Waals surface area (Å²) in [6.45, 7) is 2.02. The molecule has 2 heterocycles. The van der Waals surface area contributed by atoms with Crippen molar-refractivity contribution < 1.29 is 4.79 Å². The van der Waals surface area contributed by atoms with Crippen LogP contribution < -0.4 is 5.32 Å². The lowest BCUT2D eigenvalue weighted by Crippen LogP contribution is -2.13. The quantitative estimate of drug-likeness (QED) is 0.487. The van der Waals surface area contributed by atoms with Crippen LogP contribution >= 0.6 is 11.6 Å². The zero-order chi connectivity index (χ0) is 19.5. The summed E-state index contributed by atoms with van der Waals surface area (Å²) in [6.07, 6.45) is 2.94. The molecule has 140 valence electrons. The standard InChI is InChI=1S/C23H20ClN3O/c1-16-5-11-19(12-6-16)25-22(28)14-13-20-23(17-7-9-18(24)10-8-17)26-21-4-2-3-15-27(20)21/h2-12,15H,13-14H2,1H3,(H,25,28). The number of anilines is 1. The first-order valence-corrected chi connectivity index (χ1v) is 9.56. The molecule has 4 nitrogen and oxygen atoms in total. The summed E-state index contributed by atoms with van der Waals surface area (Å²) in [7, 11) is 0. The maximum Gasteiger partial charge on any atom is 0.224 e. The Morgan fingerprint density at radius 2 is 1.79 bits per heavy atom. The number of aryl methyl sites for hydroxylation is 2. The fourth-order valence-electron chi connectivity index (χ4n) is 3.22. The third-order valence-corrected chi connectivity index (χ3v) is 4.92. The number of carbonyl (C=O) groups excluding carboxylic acids is 1. The molecule has 0 radical (unpaired) electrons. The van der Waals surface area contributed by atoms with E-state index in [4.69, 9.17) is 16.6 Å². The normalized spacial score (nSPS) is 10.9. The van der Waals surface area contributed by atoms with Gasteiger partial charge in [0.2, 0.25) is 5.91 Å². The lowest BCUT2D eigenvalue weighted by molar-refractivity contribution is -0.116. The molecular formula is C23H20ClN3O. The predicted molar refractivity (Wildman–Crippen MR) is 114 cm³/mol. The number of amides is 1. The monoisotopic (exact) mass is 389 g/mol. The number of imidazole rings is 1. The molecule has 0 atom stereocenters. The minimum absolute atomic E-state index is 0.0169. The average Bonchev–Trinajstić information content (AvgIpc) is 3.07. The van der Waals surface area contributed by atoms with E-state index < -0.39 is 0 Å². The fraction of sp³-hybridized carbons (Fsp3) is 0.130. The SMILES string of the molecule is Cc1ccc(NC(=O)CCc2c(-c3ccc(Cl)cc3)nc3ccccn23)cc1. The van der Waals surface area contributed by atoms with Crippen LogP contribution in [0, 0.1) is 6.92 Å². The van der Waals surface area contributed by atoms with Crippen LogP contribution in [-0.4, -0.2) is 15.3 Å². The number of carbonyl (C=O) groups is 1. The number of nitrogens with one attached hydrogen (secondary N) is 1. The van der Waals surface area contributed by atoms with Crippen molar-refractivity contribution in [3.8, 4) is 11.3 Å². The first-order chi connectivity index (χ1) is 13.6. The molecule has 2 aromatic carbocycles. The first kappa shape index (κ1) is 18.3. The van der Waals surface area contributed by atoms with E-state index in [2.05, 4.69) is 5.32 Å². The Morgan fingerprint density at radius 1 is 1.04 bits per heavy atom. The van der Waals surface area contributed by atoms with Gasteiger partial charge in [-0.3, -0.25) is 4.79 Å². The summed E-state index contributed by atoms with van der Waals surface area (Å²) in [5.74, 6) is -0.0169. The average molecular weight is 390 g/mol. The van der Waals surface area contributed by atoms with E-state index in [9.17, 15) is 4.79 Å². The number of benzene rings is 2. The second-order valence-corrected chi connectivity index (χ2v) is 7.19. The minimum Gasteiger partial charge on any atom is -0.326 e. The number of nitrogens with zero attached hydrogens (tertiary/aromatic N) is 2. The van der Waals surface area contributed by atoms with E-state index in [0.29, 0.717) is 17.9 Å². The number of aromatic nitrogens is 2. The molecule has 1 amide bonds. The van der Waals surface area contributed by atoms with E-state index in [-0.39, 0.29) is 5.91 Å². The molecule has 0 fully saturated rings. The summed E-state index contributed by atoms with van der Waals surface area (Å²) in [6, 6.07) is 21.3. The van der Waals surface area contributed by atoms with Crippen LogP contribution in [0.25, 0.3) is 16.9 Å². The highest BCUT2D eigenvalue weighted by Crippen LogP contribution is 2.27. The molecule has 0 aliphatic carbocycles. The number of halogens is 1. The first-order valence-electron chi connectivity index (χ1n) is 9.18. The van der Waals surface area contributed by atoms with Crippen LogP contribution in [0.4, 0.5) is 5.69 Å². The highest BCUT2D eigenvalue weighted by Gasteiger charge is 2.15. The molecule has 1 N–H and O–H groups in total. The largest absolute Gasteiger partial charge is 0.326 e. The van der Waals surface area contributed by atoms with Gasteiger partial charge >= 0.3 is 0 Å². The van der Waals surface area contributed by atoms with Crippen LogP contribution in [0.15, 0.2) is 72.9 Å². The van der Waals surface area contributed by atoms with Crippen molar-refractivity contribution in [1.29, 1.82) is 0 Å². The summed E-state index contributed by atoms with van der Waals surface area (Å²) < 4.78 is 2.04. The Kier molecular flexibility index (Phi) is 5.13. The van der Waals surface area contributed by atoms with Crippen LogP contribution in [0.5, 0.6) is 0 Å². The molecular weight excluding hydrogens is 370 g/mol. The van der Waals surface area contributed by atoms with Gasteiger partial charge in [0.25, 0.3) is 0 Å². The van der Waals surface area contributed by atoms with Gasteiger partial charge in [-0.05, 0) is 49.7 Å². The Labute approximate surface area is 168 Å². The van der Waals surface area contributed by atoms with Gasteiger partial charge in [0.15, 0.2) is 0 Å². The van der Waals surface area contributed by atoms with Crippen LogP contribution in [-0.2, 0) is 11.2 Å². The number of hydrogen-bond acceptors (Lipinski definition) is 2. The molecule has 0 unspecified atom stereocenters. The molecule has 0 saturated carbocycles. The maximum atomic E-state index is 12.5. The Hall–Kier alpha value is -3.11. The van der Waals surface area contributed by atoms with E-state index in [1.165, 1.54) is 0 Å². The molecule has 0 saturated heterocycles. The van der Waals surface area contributed by atoms with Crippen molar-refractivity contribution in [2.45, 2.75) is 19.8 Å². The number of rotatable bonds is 5. The molecule has 4 aromatic rings. The predicted octanol–water partition coefficient (Wildman–Crippen LogP) is 5.53. The number of hydrogen-bond donors (Lipinski definition) is 1. The number of fused-ring (bicyclic) bond motifs is 1. The van der Waals surface area contributed by atoms with E-state index in [1.807, 2.05) is 84.3 Å². The van der Waals surface area contributed by atoms with Crippen molar-refractivity contribution in [3.05, 3.63) is 89.2 Å². The van der Waals surface area contributed by atoms with Gasteiger partial charge in [0.1, 0.15) is 5.65 Å². The second kappa shape index (κ2) is 7.87. The zero-order valence-corrected chi connectivity index (χ0v) is 16.3. The maximum absolute atomic E-state index is 12.5. The Balaban J connectivity index is 1.58. The third kappa shape index (κ3) is 3.92. The summed E-state index contributed by atoms with van der Waals surface area (Å²) in [5, 5.41) is 3.65. The minimum atomic E-state index is -0.0169. The smallest absolute Gasteiger partial charge is 0.224 e. The highest BCUT2D eigenvalue weighted by atomic mass is 35.5. The van der Waals surface area contributed by atoms with Gasteiger partial charge in [-0.2, -0.15) is 0 Å². The van der Waals surface area contributed by atoms with Gasteiger partial charge in [0, 0.05) is 28.9 Å².